The SMILES string of the molecule is CCC(C)OCc1nc(C2CCOC2)no1. The Hall–Kier alpha value is -0.940. The quantitative estimate of drug-likeness (QED) is 0.767. The van der Waals surface area contributed by atoms with Gasteiger partial charge in [-0.25, -0.2) is 0 Å². The Bertz CT molecular complexity index is 321. The second-order valence-electron chi connectivity index (χ2n) is 4.14. The summed E-state index contributed by atoms with van der Waals surface area (Å²) in [5.74, 6) is 1.60. The lowest BCUT2D eigenvalue weighted by atomic mass is 10.1. The van der Waals surface area contributed by atoms with Gasteiger partial charge in [0, 0.05) is 12.5 Å². The molecule has 1 aliphatic rings. The Balaban J connectivity index is 1.86. The number of hydrogen-bond donors (Lipinski definition) is 0. The summed E-state index contributed by atoms with van der Waals surface area (Å²) < 4.78 is 15.9. The molecule has 90 valence electrons. The maximum Gasteiger partial charge on any atom is 0.252 e. The Labute approximate surface area is 95.1 Å². The molecule has 0 spiro atoms. The van der Waals surface area contributed by atoms with Gasteiger partial charge in [-0.15, -0.1) is 0 Å². The zero-order chi connectivity index (χ0) is 11.4. The summed E-state index contributed by atoms with van der Waals surface area (Å²) in [7, 11) is 0. The molecular weight excluding hydrogens is 208 g/mol. The van der Waals surface area contributed by atoms with Crippen molar-refractivity contribution in [2.75, 3.05) is 13.2 Å². The van der Waals surface area contributed by atoms with Gasteiger partial charge in [-0.2, -0.15) is 4.98 Å². The summed E-state index contributed by atoms with van der Waals surface area (Å²) in [5.41, 5.74) is 0. The molecule has 0 aliphatic carbocycles. The Morgan fingerprint density at radius 1 is 1.56 bits per heavy atom. The van der Waals surface area contributed by atoms with Gasteiger partial charge >= 0.3 is 0 Å². The molecule has 0 aromatic carbocycles. The maximum atomic E-state index is 5.53. The predicted octanol–water partition coefficient (Wildman–Crippen LogP) is 1.89. The number of nitrogens with zero attached hydrogens (tertiary/aromatic N) is 2. The third-order valence-corrected chi connectivity index (χ3v) is 2.84. The maximum absolute atomic E-state index is 5.53. The van der Waals surface area contributed by atoms with Gasteiger partial charge in [0.2, 0.25) is 0 Å². The van der Waals surface area contributed by atoms with E-state index in [0.29, 0.717) is 25.0 Å². The van der Waals surface area contributed by atoms with Crippen molar-refractivity contribution in [3.8, 4) is 0 Å². The van der Waals surface area contributed by atoms with Crippen LogP contribution >= 0.6 is 0 Å². The molecule has 2 unspecified atom stereocenters. The number of aromatic nitrogens is 2. The summed E-state index contributed by atoms with van der Waals surface area (Å²) in [6.45, 7) is 6.00. The van der Waals surface area contributed by atoms with Crippen molar-refractivity contribution in [2.45, 2.75) is 45.3 Å². The standard InChI is InChI=1S/C11H18N2O3/c1-3-8(2)15-7-10-12-11(13-16-10)9-4-5-14-6-9/h8-9H,3-7H2,1-2H3. The summed E-state index contributed by atoms with van der Waals surface area (Å²) >= 11 is 0. The van der Waals surface area contributed by atoms with E-state index in [2.05, 4.69) is 17.1 Å². The van der Waals surface area contributed by atoms with Crippen LogP contribution in [0.25, 0.3) is 0 Å². The lowest BCUT2D eigenvalue weighted by molar-refractivity contribution is 0.0352. The summed E-state index contributed by atoms with van der Waals surface area (Å²) in [4.78, 5) is 4.32. The van der Waals surface area contributed by atoms with Gasteiger partial charge in [-0.1, -0.05) is 12.1 Å². The molecule has 0 N–H and O–H groups in total. The molecule has 0 saturated carbocycles. The highest BCUT2D eigenvalue weighted by atomic mass is 16.5. The smallest absolute Gasteiger partial charge is 0.252 e. The fourth-order valence-electron chi connectivity index (χ4n) is 1.56. The lowest BCUT2D eigenvalue weighted by Gasteiger charge is -2.06. The van der Waals surface area contributed by atoms with Crippen molar-refractivity contribution < 1.29 is 14.0 Å². The van der Waals surface area contributed by atoms with Crippen molar-refractivity contribution in [2.24, 2.45) is 0 Å². The van der Waals surface area contributed by atoms with Crippen molar-refractivity contribution >= 4 is 0 Å². The summed E-state index contributed by atoms with van der Waals surface area (Å²) in [6, 6.07) is 0. The molecule has 1 aliphatic heterocycles. The minimum atomic E-state index is 0.227. The highest BCUT2D eigenvalue weighted by molar-refractivity contribution is 4.96. The van der Waals surface area contributed by atoms with Gasteiger partial charge in [-0.05, 0) is 19.8 Å². The van der Waals surface area contributed by atoms with Crippen LogP contribution in [0.15, 0.2) is 4.52 Å². The van der Waals surface area contributed by atoms with Crippen LogP contribution in [0.1, 0.15) is 44.3 Å². The average molecular weight is 226 g/mol. The molecule has 5 nitrogen and oxygen atoms in total. The third-order valence-electron chi connectivity index (χ3n) is 2.84. The van der Waals surface area contributed by atoms with Crippen LogP contribution in [0.2, 0.25) is 0 Å². The number of ether oxygens (including phenoxy) is 2. The number of hydrogen-bond acceptors (Lipinski definition) is 5. The molecule has 2 atom stereocenters. The lowest BCUT2D eigenvalue weighted by Crippen LogP contribution is -2.06. The van der Waals surface area contributed by atoms with Crippen LogP contribution in [0.4, 0.5) is 0 Å². The minimum Gasteiger partial charge on any atom is -0.381 e. The van der Waals surface area contributed by atoms with E-state index in [9.17, 15) is 0 Å². The molecule has 0 amide bonds. The van der Waals surface area contributed by atoms with E-state index in [-0.39, 0.29) is 6.10 Å². The molecule has 1 aromatic rings. The van der Waals surface area contributed by atoms with Crippen LogP contribution in [0.5, 0.6) is 0 Å². The Morgan fingerprint density at radius 3 is 3.12 bits per heavy atom. The first kappa shape index (κ1) is 11.5. The van der Waals surface area contributed by atoms with E-state index in [0.717, 1.165) is 25.3 Å². The molecule has 2 heterocycles. The molecule has 1 saturated heterocycles. The zero-order valence-electron chi connectivity index (χ0n) is 9.81. The summed E-state index contributed by atoms with van der Waals surface area (Å²) in [5, 5.41) is 3.96. The molecular formula is C11H18N2O3. The van der Waals surface area contributed by atoms with Crippen LogP contribution in [0, 0.1) is 0 Å². The van der Waals surface area contributed by atoms with E-state index in [1.165, 1.54) is 0 Å². The van der Waals surface area contributed by atoms with Gasteiger partial charge in [0.1, 0.15) is 6.61 Å². The monoisotopic (exact) mass is 226 g/mol. The van der Waals surface area contributed by atoms with E-state index in [1.807, 2.05) is 6.92 Å². The highest BCUT2D eigenvalue weighted by Gasteiger charge is 2.23. The molecule has 5 heteroatoms. The van der Waals surface area contributed by atoms with E-state index >= 15 is 0 Å². The molecule has 1 fully saturated rings. The van der Waals surface area contributed by atoms with Gasteiger partial charge in [0.25, 0.3) is 5.89 Å². The Morgan fingerprint density at radius 2 is 2.44 bits per heavy atom. The van der Waals surface area contributed by atoms with Gasteiger partial charge < -0.3 is 14.0 Å². The third kappa shape index (κ3) is 2.80. The van der Waals surface area contributed by atoms with Crippen molar-refractivity contribution in [1.29, 1.82) is 0 Å². The van der Waals surface area contributed by atoms with Gasteiger partial charge in [-0.3, -0.25) is 0 Å². The van der Waals surface area contributed by atoms with Crippen molar-refractivity contribution in [1.82, 2.24) is 10.1 Å². The van der Waals surface area contributed by atoms with Crippen LogP contribution < -0.4 is 0 Å². The molecule has 0 radical (unpaired) electrons. The molecule has 16 heavy (non-hydrogen) atoms. The number of rotatable bonds is 5. The first-order valence-electron chi connectivity index (χ1n) is 5.81. The van der Waals surface area contributed by atoms with E-state index < -0.39 is 0 Å². The largest absolute Gasteiger partial charge is 0.381 e. The van der Waals surface area contributed by atoms with Gasteiger partial charge in [0.15, 0.2) is 5.82 Å². The van der Waals surface area contributed by atoms with E-state index in [4.69, 9.17) is 14.0 Å². The van der Waals surface area contributed by atoms with Crippen molar-refractivity contribution in [3.05, 3.63) is 11.7 Å². The molecule has 2 rings (SSSR count). The highest BCUT2D eigenvalue weighted by Crippen LogP contribution is 2.22. The van der Waals surface area contributed by atoms with Crippen LogP contribution in [-0.2, 0) is 16.1 Å². The second kappa shape index (κ2) is 5.41. The summed E-state index contributed by atoms with van der Waals surface area (Å²) in [6.07, 6.45) is 2.19. The van der Waals surface area contributed by atoms with Crippen LogP contribution in [0.3, 0.4) is 0 Å². The van der Waals surface area contributed by atoms with E-state index in [1.54, 1.807) is 0 Å². The topological polar surface area (TPSA) is 57.4 Å². The normalized spacial score (nSPS) is 22.5. The van der Waals surface area contributed by atoms with Crippen LogP contribution in [-0.4, -0.2) is 29.5 Å². The second-order valence-corrected chi connectivity index (χ2v) is 4.14. The Kier molecular flexibility index (Phi) is 3.90. The predicted molar refractivity (Wildman–Crippen MR) is 57.0 cm³/mol. The van der Waals surface area contributed by atoms with Gasteiger partial charge in [0.05, 0.1) is 12.7 Å². The minimum absolute atomic E-state index is 0.227. The molecule has 0 bridgehead atoms. The first-order valence-corrected chi connectivity index (χ1v) is 5.81. The average Bonchev–Trinajstić information content (AvgIpc) is 2.95. The fraction of sp³-hybridized carbons (Fsp3) is 0.818. The van der Waals surface area contributed by atoms with Crippen molar-refractivity contribution in [3.63, 3.8) is 0 Å². The molecule has 1 aromatic heterocycles. The zero-order valence-corrected chi connectivity index (χ0v) is 9.81. The first-order chi connectivity index (χ1) is 7.79. The fourth-order valence-corrected chi connectivity index (χ4v) is 1.56.